The Labute approximate surface area is 169 Å². The standard InChI is InChI=1S/C18H21N3O6S2/c1-14-3-2-12-20(13-14)29(26,27)18-8-4-15(5-9-18)19-28(24,25)17-10-6-16(7-11-17)21(22)23/h4-11,14,19H,2-3,12-13H2,1H3. The highest BCUT2D eigenvalue weighted by Crippen LogP contribution is 2.25. The lowest BCUT2D eigenvalue weighted by molar-refractivity contribution is -0.384. The predicted octanol–water partition coefficient (Wildman–Crippen LogP) is 2.82. The van der Waals surface area contributed by atoms with Crippen LogP contribution in [-0.4, -0.2) is 39.2 Å². The molecule has 0 aliphatic carbocycles. The summed E-state index contributed by atoms with van der Waals surface area (Å²) < 4.78 is 54.2. The predicted molar refractivity (Wildman–Crippen MR) is 108 cm³/mol. The van der Waals surface area contributed by atoms with Crippen molar-refractivity contribution in [3.63, 3.8) is 0 Å². The summed E-state index contributed by atoms with van der Waals surface area (Å²) in [7, 11) is -7.59. The van der Waals surface area contributed by atoms with Gasteiger partial charge in [-0.3, -0.25) is 14.8 Å². The molecule has 156 valence electrons. The molecule has 9 nitrogen and oxygen atoms in total. The molecule has 29 heavy (non-hydrogen) atoms. The lowest BCUT2D eigenvalue weighted by atomic mass is 10.0. The number of benzene rings is 2. The second kappa shape index (κ2) is 8.09. The fourth-order valence-corrected chi connectivity index (χ4v) is 5.83. The highest BCUT2D eigenvalue weighted by atomic mass is 32.2. The normalized spacial score (nSPS) is 18.3. The molecule has 0 spiro atoms. The van der Waals surface area contributed by atoms with Gasteiger partial charge in [0.05, 0.1) is 14.7 Å². The van der Waals surface area contributed by atoms with Crippen LogP contribution in [0.5, 0.6) is 0 Å². The fraction of sp³-hybridized carbons (Fsp3) is 0.333. The Hall–Kier alpha value is -2.50. The van der Waals surface area contributed by atoms with Crippen molar-refractivity contribution in [2.24, 2.45) is 5.92 Å². The van der Waals surface area contributed by atoms with Crippen LogP contribution >= 0.6 is 0 Å². The van der Waals surface area contributed by atoms with Crippen LogP contribution in [-0.2, 0) is 20.0 Å². The van der Waals surface area contributed by atoms with Crippen molar-refractivity contribution in [1.82, 2.24) is 4.31 Å². The molecule has 0 bridgehead atoms. The van der Waals surface area contributed by atoms with E-state index in [1.54, 1.807) is 0 Å². The average molecular weight is 440 g/mol. The summed E-state index contributed by atoms with van der Waals surface area (Å²) in [5.74, 6) is 0.298. The molecule has 3 rings (SSSR count). The molecule has 1 aliphatic rings. The van der Waals surface area contributed by atoms with E-state index in [9.17, 15) is 26.9 Å². The Bertz CT molecular complexity index is 1100. The summed E-state index contributed by atoms with van der Waals surface area (Å²) in [6.07, 6.45) is 1.81. The molecular weight excluding hydrogens is 418 g/mol. The minimum Gasteiger partial charge on any atom is -0.280 e. The molecule has 1 atom stereocenters. The van der Waals surface area contributed by atoms with Crippen molar-refractivity contribution in [2.75, 3.05) is 17.8 Å². The first-order valence-corrected chi connectivity index (χ1v) is 11.9. The smallest absolute Gasteiger partial charge is 0.269 e. The third kappa shape index (κ3) is 4.74. The second-order valence-electron chi connectivity index (χ2n) is 6.99. The summed E-state index contributed by atoms with van der Waals surface area (Å²) >= 11 is 0. The summed E-state index contributed by atoms with van der Waals surface area (Å²) in [5, 5.41) is 10.7. The molecule has 2 aromatic rings. The Morgan fingerprint density at radius 1 is 1.00 bits per heavy atom. The molecule has 1 unspecified atom stereocenters. The number of nitro groups is 1. The molecule has 0 saturated carbocycles. The monoisotopic (exact) mass is 439 g/mol. The number of anilines is 1. The number of nitro benzene ring substituents is 1. The molecule has 0 radical (unpaired) electrons. The number of hydrogen-bond acceptors (Lipinski definition) is 6. The van der Waals surface area contributed by atoms with Crippen LogP contribution in [0.15, 0.2) is 58.3 Å². The van der Waals surface area contributed by atoms with E-state index >= 15 is 0 Å². The molecule has 2 aromatic carbocycles. The average Bonchev–Trinajstić information content (AvgIpc) is 2.68. The van der Waals surface area contributed by atoms with Crippen LogP contribution < -0.4 is 4.72 Å². The maximum absolute atomic E-state index is 12.8. The van der Waals surface area contributed by atoms with Crippen molar-refractivity contribution in [3.05, 3.63) is 58.6 Å². The zero-order valence-corrected chi connectivity index (χ0v) is 17.3. The van der Waals surface area contributed by atoms with E-state index in [4.69, 9.17) is 0 Å². The van der Waals surface area contributed by atoms with Gasteiger partial charge >= 0.3 is 0 Å². The largest absolute Gasteiger partial charge is 0.280 e. The van der Waals surface area contributed by atoms with Crippen molar-refractivity contribution in [3.8, 4) is 0 Å². The van der Waals surface area contributed by atoms with Gasteiger partial charge in [0, 0.05) is 30.9 Å². The quantitative estimate of drug-likeness (QED) is 0.545. The van der Waals surface area contributed by atoms with E-state index in [0.717, 1.165) is 37.1 Å². The fourth-order valence-electron chi connectivity index (χ4n) is 3.17. The topological polar surface area (TPSA) is 127 Å². The molecule has 1 aliphatic heterocycles. The van der Waals surface area contributed by atoms with Gasteiger partial charge in [-0.15, -0.1) is 0 Å². The number of nitrogens with one attached hydrogen (secondary N) is 1. The van der Waals surface area contributed by atoms with Crippen molar-refractivity contribution in [2.45, 2.75) is 29.6 Å². The Balaban J connectivity index is 1.77. The molecular formula is C18H21N3O6S2. The van der Waals surface area contributed by atoms with Gasteiger partial charge in [-0.05, 0) is 55.2 Å². The first-order valence-electron chi connectivity index (χ1n) is 8.97. The summed E-state index contributed by atoms with van der Waals surface area (Å²) in [6, 6.07) is 9.96. The molecule has 0 amide bonds. The van der Waals surface area contributed by atoms with Gasteiger partial charge in [0.15, 0.2) is 0 Å². The SMILES string of the molecule is CC1CCCN(S(=O)(=O)c2ccc(NS(=O)(=O)c3ccc([N+](=O)[O-])cc3)cc2)C1. The van der Waals surface area contributed by atoms with Crippen molar-refractivity contribution < 1.29 is 21.8 Å². The minimum absolute atomic E-state index is 0.102. The van der Waals surface area contributed by atoms with Crippen LogP contribution in [0.4, 0.5) is 11.4 Å². The van der Waals surface area contributed by atoms with Gasteiger partial charge in [-0.1, -0.05) is 6.92 Å². The lowest BCUT2D eigenvalue weighted by Gasteiger charge is -2.30. The van der Waals surface area contributed by atoms with Crippen LogP contribution in [0, 0.1) is 16.0 Å². The van der Waals surface area contributed by atoms with E-state index in [-0.39, 0.29) is 21.2 Å². The third-order valence-electron chi connectivity index (χ3n) is 4.72. The Morgan fingerprint density at radius 2 is 1.59 bits per heavy atom. The van der Waals surface area contributed by atoms with E-state index in [0.29, 0.717) is 19.0 Å². The number of sulfonamides is 2. The summed E-state index contributed by atoms with van der Waals surface area (Å²) in [6.45, 7) is 2.95. The number of hydrogen-bond donors (Lipinski definition) is 1. The highest BCUT2D eigenvalue weighted by Gasteiger charge is 2.28. The van der Waals surface area contributed by atoms with Gasteiger partial charge in [0.25, 0.3) is 15.7 Å². The van der Waals surface area contributed by atoms with E-state index in [1.807, 2.05) is 6.92 Å². The zero-order chi connectivity index (χ0) is 21.2. The number of non-ortho nitro benzene ring substituents is 1. The maximum Gasteiger partial charge on any atom is 0.269 e. The first kappa shape index (κ1) is 21.2. The summed E-state index contributed by atoms with van der Waals surface area (Å²) in [4.78, 5) is 10.0. The van der Waals surface area contributed by atoms with Crippen LogP contribution in [0.2, 0.25) is 0 Å². The van der Waals surface area contributed by atoms with E-state index < -0.39 is 25.0 Å². The highest BCUT2D eigenvalue weighted by molar-refractivity contribution is 7.92. The minimum atomic E-state index is -3.96. The number of nitrogens with zero attached hydrogens (tertiary/aromatic N) is 2. The van der Waals surface area contributed by atoms with Crippen LogP contribution in [0.25, 0.3) is 0 Å². The molecule has 1 N–H and O–H groups in total. The van der Waals surface area contributed by atoms with E-state index in [2.05, 4.69) is 4.72 Å². The van der Waals surface area contributed by atoms with Crippen LogP contribution in [0.3, 0.4) is 0 Å². The van der Waals surface area contributed by atoms with Gasteiger partial charge in [-0.25, -0.2) is 16.8 Å². The first-order chi connectivity index (χ1) is 13.6. The number of rotatable bonds is 6. The third-order valence-corrected chi connectivity index (χ3v) is 8.00. The number of piperidine rings is 1. The van der Waals surface area contributed by atoms with Gasteiger partial charge in [-0.2, -0.15) is 4.31 Å². The molecule has 0 aromatic heterocycles. The van der Waals surface area contributed by atoms with Gasteiger partial charge in [0.1, 0.15) is 0 Å². The molecule has 1 fully saturated rings. The zero-order valence-electron chi connectivity index (χ0n) is 15.7. The van der Waals surface area contributed by atoms with Gasteiger partial charge in [0.2, 0.25) is 10.0 Å². The molecule has 1 heterocycles. The lowest BCUT2D eigenvalue weighted by Crippen LogP contribution is -2.39. The molecule has 1 saturated heterocycles. The Kier molecular flexibility index (Phi) is 5.92. The maximum atomic E-state index is 12.8. The molecule has 11 heteroatoms. The Morgan fingerprint density at radius 3 is 2.14 bits per heavy atom. The van der Waals surface area contributed by atoms with E-state index in [1.165, 1.54) is 28.6 Å². The van der Waals surface area contributed by atoms with Gasteiger partial charge < -0.3 is 0 Å². The second-order valence-corrected chi connectivity index (χ2v) is 10.6. The van der Waals surface area contributed by atoms with Crippen molar-refractivity contribution >= 4 is 31.4 Å². The van der Waals surface area contributed by atoms with Crippen LogP contribution in [0.1, 0.15) is 19.8 Å². The van der Waals surface area contributed by atoms with Crippen molar-refractivity contribution in [1.29, 1.82) is 0 Å². The summed E-state index contributed by atoms with van der Waals surface area (Å²) in [5.41, 5.74) is -0.0279.